The molecule has 1 fully saturated rings. The highest BCUT2D eigenvalue weighted by atomic mass is 79.9. The molecule has 0 unspecified atom stereocenters. The normalized spacial score (nSPS) is 17.8. The maximum absolute atomic E-state index is 12.1. The molecule has 0 radical (unpaired) electrons. The molecule has 2 heterocycles. The Morgan fingerprint density at radius 3 is 2.75 bits per heavy atom. The van der Waals surface area contributed by atoms with E-state index in [1.165, 1.54) is 11.3 Å². The van der Waals surface area contributed by atoms with Gasteiger partial charge in [-0.05, 0) is 34.8 Å². The van der Waals surface area contributed by atoms with Crippen LogP contribution in [0.25, 0.3) is 0 Å². The van der Waals surface area contributed by atoms with Crippen LogP contribution in [0.15, 0.2) is 15.9 Å². The van der Waals surface area contributed by atoms with Gasteiger partial charge in [0.25, 0.3) is 5.91 Å². The lowest BCUT2D eigenvalue weighted by atomic mass is 10.1. The predicted octanol–water partition coefficient (Wildman–Crippen LogP) is 2.76. The Hall–Kier alpha value is -0.390. The van der Waals surface area contributed by atoms with Gasteiger partial charge in [0.15, 0.2) is 0 Å². The summed E-state index contributed by atoms with van der Waals surface area (Å²) in [6.45, 7) is 1.60. The number of ether oxygens (including phenoxy) is 1. The van der Waals surface area contributed by atoms with Crippen LogP contribution in [-0.4, -0.2) is 37.1 Å². The van der Waals surface area contributed by atoms with Crippen LogP contribution in [0, 0.1) is 0 Å². The molecule has 1 amide bonds. The highest BCUT2D eigenvalue weighted by Crippen LogP contribution is 2.23. The fourth-order valence-electron chi connectivity index (χ4n) is 1.88. The summed E-state index contributed by atoms with van der Waals surface area (Å²) in [6.07, 6.45) is 2.20. The van der Waals surface area contributed by atoms with Crippen LogP contribution in [0.5, 0.6) is 0 Å². The molecule has 0 N–H and O–H groups in total. The lowest BCUT2D eigenvalue weighted by Gasteiger charge is -2.30. The third-order valence-electron chi connectivity index (χ3n) is 2.84. The standard InChI is InChI=1S/C11H14BrNO2S/c1-15-9-2-4-13(5-3-9)11(14)10-6-8(12)7-16-10/h6-7,9H,2-5H2,1H3. The Kier molecular flexibility index (Phi) is 4.00. The maximum Gasteiger partial charge on any atom is 0.263 e. The third-order valence-corrected chi connectivity index (χ3v) is 4.52. The molecule has 88 valence electrons. The van der Waals surface area contributed by atoms with Gasteiger partial charge in [-0.15, -0.1) is 11.3 Å². The van der Waals surface area contributed by atoms with E-state index in [0.29, 0.717) is 6.10 Å². The van der Waals surface area contributed by atoms with Crippen LogP contribution in [-0.2, 0) is 4.74 Å². The molecular weight excluding hydrogens is 290 g/mol. The third kappa shape index (κ3) is 2.64. The van der Waals surface area contributed by atoms with Crippen molar-refractivity contribution in [3.05, 3.63) is 20.8 Å². The zero-order chi connectivity index (χ0) is 11.5. The minimum Gasteiger partial charge on any atom is -0.381 e. The van der Waals surface area contributed by atoms with E-state index < -0.39 is 0 Å². The first-order valence-electron chi connectivity index (χ1n) is 5.27. The SMILES string of the molecule is COC1CCN(C(=O)c2cc(Br)cs2)CC1. The van der Waals surface area contributed by atoms with E-state index in [4.69, 9.17) is 4.74 Å². The molecule has 0 spiro atoms. The topological polar surface area (TPSA) is 29.5 Å². The Balaban J connectivity index is 1.96. The van der Waals surface area contributed by atoms with Crippen LogP contribution in [0.3, 0.4) is 0 Å². The molecular formula is C11H14BrNO2S. The number of rotatable bonds is 2. The molecule has 0 aromatic carbocycles. The van der Waals surface area contributed by atoms with Gasteiger partial charge in [0, 0.05) is 30.1 Å². The number of halogens is 1. The highest BCUT2D eigenvalue weighted by Gasteiger charge is 2.24. The fourth-order valence-corrected chi connectivity index (χ4v) is 3.27. The summed E-state index contributed by atoms with van der Waals surface area (Å²) >= 11 is 4.85. The smallest absolute Gasteiger partial charge is 0.263 e. The number of hydrogen-bond donors (Lipinski definition) is 0. The Morgan fingerprint density at radius 2 is 2.25 bits per heavy atom. The largest absolute Gasteiger partial charge is 0.381 e. The molecule has 3 nitrogen and oxygen atoms in total. The van der Waals surface area contributed by atoms with Crippen molar-refractivity contribution in [2.45, 2.75) is 18.9 Å². The van der Waals surface area contributed by atoms with E-state index in [1.54, 1.807) is 7.11 Å². The van der Waals surface area contributed by atoms with Crippen molar-refractivity contribution < 1.29 is 9.53 Å². The molecule has 16 heavy (non-hydrogen) atoms. The van der Waals surface area contributed by atoms with Gasteiger partial charge in [0.2, 0.25) is 0 Å². The fraction of sp³-hybridized carbons (Fsp3) is 0.545. The molecule has 0 bridgehead atoms. The summed E-state index contributed by atoms with van der Waals surface area (Å²) in [4.78, 5) is 14.8. The van der Waals surface area contributed by atoms with Crippen molar-refractivity contribution in [1.82, 2.24) is 4.90 Å². The Bertz CT molecular complexity index is 372. The van der Waals surface area contributed by atoms with E-state index in [-0.39, 0.29) is 5.91 Å². The second-order valence-corrected chi connectivity index (χ2v) is 5.68. The average molecular weight is 304 g/mol. The van der Waals surface area contributed by atoms with Crippen molar-refractivity contribution >= 4 is 33.2 Å². The van der Waals surface area contributed by atoms with Gasteiger partial charge < -0.3 is 9.64 Å². The van der Waals surface area contributed by atoms with E-state index in [2.05, 4.69) is 15.9 Å². The first kappa shape index (κ1) is 12.1. The molecule has 1 saturated heterocycles. The van der Waals surface area contributed by atoms with Crippen LogP contribution in [0.2, 0.25) is 0 Å². The van der Waals surface area contributed by atoms with Gasteiger partial charge in [-0.1, -0.05) is 0 Å². The van der Waals surface area contributed by atoms with Gasteiger partial charge in [-0.2, -0.15) is 0 Å². The van der Waals surface area contributed by atoms with Crippen LogP contribution in [0.1, 0.15) is 22.5 Å². The quantitative estimate of drug-likeness (QED) is 0.841. The van der Waals surface area contributed by atoms with Crippen molar-refractivity contribution in [3.8, 4) is 0 Å². The molecule has 2 rings (SSSR count). The average Bonchev–Trinajstić information content (AvgIpc) is 2.75. The maximum atomic E-state index is 12.1. The van der Waals surface area contributed by atoms with Crippen LogP contribution >= 0.6 is 27.3 Å². The van der Waals surface area contributed by atoms with Crippen LogP contribution in [0.4, 0.5) is 0 Å². The summed E-state index contributed by atoms with van der Waals surface area (Å²) < 4.78 is 6.27. The molecule has 1 aliphatic heterocycles. The molecule has 1 aromatic rings. The molecule has 0 aliphatic carbocycles. The second-order valence-electron chi connectivity index (χ2n) is 3.86. The van der Waals surface area contributed by atoms with Crippen molar-refractivity contribution in [2.75, 3.05) is 20.2 Å². The van der Waals surface area contributed by atoms with E-state index in [0.717, 1.165) is 35.3 Å². The van der Waals surface area contributed by atoms with Gasteiger partial charge in [0.1, 0.15) is 0 Å². The zero-order valence-corrected chi connectivity index (χ0v) is 11.5. The van der Waals surface area contributed by atoms with Crippen LogP contribution < -0.4 is 0 Å². The summed E-state index contributed by atoms with van der Waals surface area (Å²) in [7, 11) is 1.73. The van der Waals surface area contributed by atoms with Gasteiger partial charge in [-0.3, -0.25) is 4.79 Å². The molecule has 1 aliphatic rings. The van der Waals surface area contributed by atoms with Gasteiger partial charge >= 0.3 is 0 Å². The lowest BCUT2D eigenvalue weighted by Crippen LogP contribution is -2.40. The first-order valence-corrected chi connectivity index (χ1v) is 6.94. The Labute approximate surface area is 108 Å². The summed E-state index contributed by atoms with van der Waals surface area (Å²) in [5.41, 5.74) is 0. The minimum absolute atomic E-state index is 0.144. The lowest BCUT2D eigenvalue weighted by molar-refractivity contribution is 0.0353. The van der Waals surface area contributed by atoms with E-state index >= 15 is 0 Å². The summed E-state index contributed by atoms with van der Waals surface area (Å²) in [5.74, 6) is 0.144. The number of thiophene rings is 1. The number of nitrogens with zero attached hydrogens (tertiary/aromatic N) is 1. The number of methoxy groups -OCH3 is 1. The number of likely N-dealkylation sites (tertiary alicyclic amines) is 1. The number of carbonyl (C=O) groups is 1. The number of piperidine rings is 1. The molecule has 5 heteroatoms. The monoisotopic (exact) mass is 303 g/mol. The van der Waals surface area contributed by atoms with Crippen molar-refractivity contribution in [1.29, 1.82) is 0 Å². The number of hydrogen-bond acceptors (Lipinski definition) is 3. The molecule has 0 atom stereocenters. The molecule has 1 aromatic heterocycles. The van der Waals surface area contributed by atoms with E-state index in [1.807, 2.05) is 16.3 Å². The van der Waals surface area contributed by atoms with E-state index in [9.17, 15) is 4.79 Å². The highest BCUT2D eigenvalue weighted by molar-refractivity contribution is 9.10. The van der Waals surface area contributed by atoms with Gasteiger partial charge in [-0.25, -0.2) is 0 Å². The summed E-state index contributed by atoms with van der Waals surface area (Å²) in [6, 6.07) is 1.88. The first-order chi connectivity index (χ1) is 7.70. The van der Waals surface area contributed by atoms with Crippen molar-refractivity contribution in [2.24, 2.45) is 0 Å². The van der Waals surface area contributed by atoms with Crippen molar-refractivity contribution in [3.63, 3.8) is 0 Å². The summed E-state index contributed by atoms with van der Waals surface area (Å²) in [5, 5.41) is 1.94. The van der Waals surface area contributed by atoms with Gasteiger partial charge in [0.05, 0.1) is 11.0 Å². The Morgan fingerprint density at radius 1 is 1.56 bits per heavy atom. The molecule has 0 saturated carbocycles. The zero-order valence-electron chi connectivity index (χ0n) is 9.11. The second kappa shape index (κ2) is 5.29. The number of amides is 1. The number of carbonyl (C=O) groups excluding carboxylic acids is 1. The predicted molar refractivity (Wildman–Crippen MR) is 68.0 cm³/mol. The minimum atomic E-state index is 0.144.